The van der Waals surface area contributed by atoms with E-state index in [1.54, 1.807) is 0 Å². The monoisotopic (exact) mass is 354 g/mol. The zero-order valence-corrected chi connectivity index (χ0v) is 14.6. The number of halogens is 1. The van der Waals surface area contributed by atoms with Crippen molar-refractivity contribution in [1.82, 2.24) is 10.6 Å². The van der Waals surface area contributed by atoms with Gasteiger partial charge in [-0.3, -0.25) is 0 Å². The number of nitrogens with one attached hydrogen (secondary N) is 2. The lowest BCUT2D eigenvalue weighted by molar-refractivity contribution is 0.138. The maximum Gasteiger partial charge on any atom is 0.407 e. The number of fused-ring (bicyclic) bond motifs is 1. The highest BCUT2D eigenvalue weighted by Crippen LogP contribution is 2.62. The van der Waals surface area contributed by atoms with Crippen molar-refractivity contribution in [3.05, 3.63) is 71.5 Å². The van der Waals surface area contributed by atoms with Gasteiger partial charge in [-0.2, -0.15) is 0 Å². The first kappa shape index (κ1) is 17.0. The molecule has 2 aromatic carbocycles. The molecular weight excluding hydrogens is 331 g/mol. The quantitative estimate of drug-likeness (QED) is 0.867. The lowest BCUT2D eigenvalue weighted by Gasteiger charge is -2.19. The van der Waals surface area contributed by atoms with Gasteiger partial charge in [0.25, 0.3) is 0 Å². The van der Waals surface area contributed by atoms with Crippen molar-refractivity contribution in [1.29, 1.82) is 0 Å². The molecule has 0 aromatic heterocycles. The van der Waals surface area contributed by atoms with Gasteiger partial charge < -0.3 is 15.4 Å². The largest absolute Gasteiger partial charge is 0.445 e. The molecule has 1 aliphatic heterocycles. The molecule has 1 amide bonds. The molecule has 0 spiro atoms. The summed E-state index contributed by atoms with van der Waals surface area (Å²) in [5.41, 5.74) is 1.93. The predicted octanol–water partition coefficient (Wildman–Crippen LogP) is 3.23. The van der Waals surface area contributed by atoms with Gasteiger partial charge in [0.05, 0.1) is 0 Å². The van der Waals surface area contributed by atoms with E-state index in [2.05, 4.69) is 10.6 Å². The molecule has 26 heavy (non-hydrogen) atoms. The maximum atomic E-state index is 13.3. The Labute approximate surface area is 152 Å². The molecule has 3 atom stereocenters. The molecule has 4 nitrogen and oxygen atoms in total. The summed E-state index contributed by atoms with van der Waals surface area (Å²) in [6.07, 6.45) is 0.662. The Balaban J connectivity index is 1.41. The van der Waals surface area contributed by atoms with E-state index in [0.29, 0.717) is 18.4 Å². The molecule has 4 rings (SSSR count). The van der Waals surface area contributed by atoms with Crippen LogP contribution in [0.25, 0.3) is 0 Å². The zero-order chi connectivity index (χ0) is 18.0. The van der Waals surface area contributed by atoms with Gasteiger partial charge in [-0.15, -0.1) is 0 Å². The lowest BCUT2D eigenvalue weighted by atomic mass is 9.91. The number of hydrogen-bond donors (Lipinski definition) is 2. The van der Waals surface area contributed by atoms with E-state index >= 15 is 0 Å². The van der Waals surface area contributed by atoms with Crippen LogP contribution in [-0.2, 0) is 16.8 Å². The van der Waals surface area contributed by atoms with Gasteiger partial charge in [-0.1, -0.05) is 42.5 Å². The molecule has 2 N–H and O–H groups in total. The summed E-state index contributed by atoms with van der Waals surface area (Å²) in [5, 5.41) is 6.37. The van der Waals surface area contributed by atoms with E-state index in [1.807, 2.05) is 42.5 Å². The first-order chi connectivity index (χ1) is 12.7. The van der Waals surface area contributed by atoms with Gasteiger partial charge in [-0.25, -0.2) is 9.18 Å². The highest BCUT2D eigenvalue weighted by molar-refractivity contribution is 5.67. The second-order valence-electron chi connectivity index (χ2n) is 7.17. The minimum Gasteiger partial charge on any atom is -0.445 e. The number of hydrogen-bond acceptors (Lipinski definition) is 3. The van der Waals surface area contributed by atoms with Crippen LogP contribution < -0.4 is 10.6 Å². The number of amides is 1. The van der Waals surface area contributed by atoms with Crippen molar-refractivity contribution < 1.29 is 13.9 Å². The van der Waals surface area contributed by atoms with Crippen molar-refractivity contribution in [2.24, 2.45) is 11.8 Å². The highest BCUT2D eigenvalue weighted by atomic mass is 19.1. The summed E-state index contributed by atoms with van der Waals surface area (Å²) in [5.74, 6) is 0.751. The fourth-order valence-electron chi connectivity index (χ4n) is 4.45. The molecule has 2 aliphatic rings. The van der Waals surface area contributed by atoms with Crippen LogP contribution in [0.3, 0.4) is 0 Å². The first-order valence-electron chi connectivity index (χ1n) is 9.11. The molecule has 3 unspecified atom stereocenters. The predicted molar refractivity (Wildman–Crippen MR) is 97.2 cm³/mol. The van der Waals surface area contributed by atoms with E-state index in [1.165, 1.54) is 12.1 Å². The molecule has 2 fully saturated rings. The number of carbonyl (C=O) groups is 1. The van der Waals surface area contributed by atoms with Gasteiger partial charge in [-0.05, 0) is 54.6 Å². The number of carbonyl (C=O) groups excluding carboxylic acids is 1. The summed E-state index contributed by atoms with van der Waals surface area (Å²) in [6.45, 7) is 2.69. The Morgan fingerprint density at radius 2 is 1.92 bits per heavy atom. The number of alkyl carbamates (subject to hydrolysis) is 1. The van der Waals surface area contributed by atoms with Crippen LogP contribution in [0.2, 0.25) is 0 Å². The van der Waals surface area contributed by atoms with Crippen LogP contribution in [0.5, 0.6) is 0 Å². The van der Waals surface area contributed by atoms with Crippen molar-refractivity contribution in [3.63, 3.8) is 0 Å². The van der Waals surface area contributed by atoms with Crippen molar-refractivity contribution in [3.8, 4) is 0 Å². The van der Waals surface area contributed by atoms with Crippen LogP contribution >= 0.6 is 0 Å². The lowest BCUT2D eigenvalue weighted by Crippen LogP contribution is -2.35. The fourth-order valence-corrected chi connectivity index (χ4v) is 4.45. The molecule has 1 saturated heterocycles. The van der Waals surface area contributed by atoms with Gasteiger partial charge in [0, 0.05) is 12.0 Å². The summed E-state index contributed by atoms with van der Waals surface area (Å²) < 4.78 is 18.7. The second kappa shape index (κ2) is 7.08. The number of benzene rings is 2. The average Bonchev–Trinajstić information content (AvgIpc) is 3.35. The molecular formula is C21H23FN2O2. The summed E-state index contributed by atoms with van der Waals surface area (Å²) in [7, 11) is 0. The first-order valence-corrected chi connectivity index (χ1v) is 9.11. The summed E-state index contributed by atoms with van der Waals surface area (Å²) in [4.78, 5) is 12.2. The molecule has 1 heterocycles. The molecule has 136 valence electrons. The van der Waals surface area contributed by atoms with E-state index < -0.39 is 6.09 Å². The minimum absolute atomic E-state index is 0.122. The van der Waals surface area contributed by atoms with Crippen LogP contribution in [0, 0.1) is 17.7 Å². The molecule has 1 aliphatic carbocycles. The minimum atomic E-state index is -0.410. The Kier molecular flexibility index (Phi) is 4.64. The van der Waals surface area contributed by atoms with Crippen LogP contribution in [0.4, 0.5) is 9.18 Å². The van der Waals surface area contributed by atoms with Gasteiger partial charge in [0.2, 0.25) is 0 Å². The van der Waals surface area contributed by atoms with Gasteiger partial charge in [0.15, 0.2) is 0 Å². The van der Waals surface area contributed by atoms with Crippen LogP contribution in [0.15, 0.2) is 54.6 Å². The third kappa shape index (κ3) is 3.19. The third-order valence-electron chi connectivity index (χ3n) is 5.82. The van der Waals surface area contributed by atoms with Crippen molar-refractivity contribution in [2.75, 3.05) is 19.6 Å². The molecule has 5 heteroatoms. The molecule has 2 aromatic rings. The fraction of sp³-hybridized carbons (Fsp3) is 0.381. The standard InChI is InChI=1S/C21H23FN2O2/c22-17-8-6-16(7-9-17)21(18-10-11-23-12-19(18)21)14-24-20(25)26-13-15-4-2-1-3-5-15/h1-9,18-19,23H,10-14H2,(H,24,25). The van der Waals surface area contributed by atoms with Crippen LogP contribution in [0.1, 0.15) is 17.5 Å². The topological polar surface area (TPSA) is 50.4 Å². The normalized spacial score (nSPS) is 26.7. The number of ether oxygens (including phenoxy) is 1. The maximum absolute atomic E-state index is 13.3. The number of rotatable bonds is 5. The SMILES string of the molecule is O=C(NCC1(c2ccc(F)cc2)C2CCNCC21)OCc1ccccc1. The highest BCUT2D eigenvalue weighted by Gasteiger charge is 2.65. The van der Waals surface area contributed by atoms with E-state index in [9.17, 15) is 9.18 Å². The smallest absolute Gasteiger partial charge is 0.407 e. The second-order valence-corrected chi connectivity index (χ2v) is 7.17. The molecule has 1 saturated carbocycles. The Bertz CT molecular complexity index is 751. The van der Waals surface area contributed by atoms with Crippen molar-refractivity contribution in [2.45, 2.75) is 18.4 Å². The van der Waals surface area contributed by atoms with Gasteiger partial charge in [0.1, 0.15) is 12.4 Å². The van der Waals surface area contributed by atoms with E-state index in [-0.39, 0.29) is 17.8 Å². The Morgan fingerprint density at radius 1 is 1.15 bits per heavy atom. The van der Waals surface area contributed by atoms with E-state index in [0.717, 1.165) is 30.6 Å². The zero-order valence-electron chi connectivity index (χ0n) is 14.6. The van der Waals surface area contributed by atoms with Crippen LogP contribution in [-0.4, -0.2) is 25.7 Å². The Hall–Kier alpha value is -2.40. The van der Waals surface area contributed by atoms with Gasteiger partial charge >= 0.3 is 6.09 Å². The Morgan fingerprint density at radius 3 is 2.62 bits per heavy atom. The molecule has 0 radical (unpaired) electrons. The summed E-state index contributed by atoms with van der Waals surface area (Å²) >= 11 is 0. The van der Waals surface area contributed by atoms with Crippen molar-refractivity contribution >= 4 is 6.09 Å². The summed E-state index contributed by atoms with van der Waals surface area (Å²) in [6, 6.07) is 16.3. The third-order valence-corrected chi connectivity index (χ3v) is 5.82. The molecule has 0 bridgehead atoms. The number of piperidine rings is 1. The van der Waals surface area contributed by atoms with E-state index in [4.69, 9.17) is 4.74 Å². The average molecular weight is 354 g/mol.